The van der Waals surface area contributed by atoms with E-state index in [0.717, 1.165) is 25.7 Å². The van der Waals surface area contributed by atoms with Crippen molar-refractivity contribution in [3.8, 4) is 12.3 Å². The highest BCUT2D eigenvalue weighted by atomic mass is 13.8. The van der Waals surface area contributed by atoms with Crippen LogP contribution in [0.2, 0.25) is 0 Å². The minimum absolute atomic E-state index is 0.891. The highest BCUT2D eigenvalue weighted by Crippen LogP contribution is 1.96. The zero-order valence-electron chi connectivity index (χ0n) is 5.11. The Labute approximate surface area is 51.6 Å². The number of terminal acetylenes is 1. The zero-order chi connectivity index (χ0) is 6.24. The lowest BCUT2D eigenvalue weighted by molar-refractivity contribution is 0.765. The maximum absolute atomic E-state index is 5.02. The summed E-state index contributed by atoms with van der Waals surface area (Å²) in [4.78, 5) is 0. The molecule has 0 radical (unpaired) electrons. The van der Waals surface area contributed by atoms with E-state index in [1.165, 1.54) is 0 Å². The van der Waals surface area contributed by atoms with Gasteiger partial charge in [-0.15, -0.1) is 12.3 Å². The first-order valence-corrected chi connectivity index (χ1v) is 2.85. The molecular formula is C8H11+. The van der Waals surface area contributed by atoms with Crippen LogP contribution in [0.4, 0.5) is 0 Å². The molecule has 0 bridgehead atoms. The summed E-state index contributed by atoms with van der Waals surface area (Å²) in [7, 11) is 0. The van der Waals surface area contributed by atoms with E-state index in [1.54, 1.807) is 0 Å². The van der Waals surface area contributed by atoms with E-state index < -0.39 is 0 Å². The fourth-order valence-corrected chi connectivity index (χ4v) is 0.477. The SMILES string of the molecule is C#CCCCC[C+]=C. The number of unbranched alkanes of at least 4 members (excludes halogenated alkanes) is 3. The molecule has 0 aliphatic carbocycles. The summed E-state index contributed by atoms with van der Waals surface area (Å²) in [5.41, 5.74) is 0. The molecule has 0 unspecified atom stereocenters. The van der Waals surface area contributed by atoms with Gasteiger partial charge in [0.1, 0.15) is 6.58 Å². The van der Waals surface area contributed by atoms with E-state index in [2.05, 4.69) is 18.6 Å². The highest BCUT2D eigenvalue weighted by molar-refractivity contribution is 4.82. The summed E-state index contributed by atoms with van der Waals surface area (Å²) in [6, 6.07) is 0. The molecule has 0 atom stereocenters. The first-order chi connectivity index (χ1) is 3.91. The number of hydrogen-bond acceptors (Lipinski definition) is 0. The summed E-state index contributed by atoms with van der Waals surface area (Å²) in [5, 5.41) is 0. The van der Waals surface area contributed by atoms with Gasteiger partial charge >= 0.3 is 0 Å². The number of rotatable bonds is 4. The van der Waals surface area contributed by atoms with E-state index >= 15 is 0 Å². The fraction of sp³-hybridized carbons (Fsp3) is 0.500. The Kier molecular flexibility index (Phi) is 5.60. The maximum atomic E-state index is 5.02. The van der Waals surface area contributed by atoms with Crippen LogP contribution in [0.5, 0.6) is 0 Å². The van der Waals surface area contributed by atoms with Gasteiger partial charge in [0.2, 0.25) is 6.08 Å². The van der Waals surface area contributed by atoms with Crippen LogP contribution in [-0.2, 0) is 0 Å². The number of hydrogen-bond donors (Lipinski definition) is 0. The lowest BCUT2D eigenvalue weighted by Gasteiger charge is -1.81. The monoisotopic (exact) mass is 107 g/mol. The van der Waals surface area contributed by atoms with Crippen LogP contribution in [0.3, 0.4) is 0 Å². The molecule has 0 rings (SSSR count). The summed E-state index contributed by atoms with van der Waals surface area (Å²) in [5.74, 6) is 2.58. The van der Waals surface area contributed by atoms with Crippen molar-refractivity contribution in [3.05, 3.63) is 12.7 Å². The van der Waals surface area contributed by atoms with Crippen molar-refractivity contribution in [2.45, 2.75) is 25.7 Å². The third-order valence-electron chi connectivity index (χ3n) is 0.925. The van der Waals surface area contributed by atoms with Gasteiger partial charge in [0, 0.05) is 6.42 Å². The van der Waals surface area contributed by atoms with Gasteiger partial charge in [-0.1, -0.05) is 0 Å². The van der Waals surface area contributed by atoms with Crippen molar-refractivity contribution in [3.63, 3.8) is 0 Å². The van der Waals surface area contributed by atoms with Crippen molar-refractivity contribution in [1.29, 1.82) is 0 Å². The minimum atomic E-state index is 0.891. The minimum Gasteiger partial charge on any atom is -0.120 e. The molecule has 0 saturated carbocycles. The average molecular weight is 107 g/mol. The summed E-state index contributed by atoms with van der Waals surface area (Å²) in [6.45, 7) is 3.48. The van der Waals surface area contributed by atoms with E-state index in [9.17, 15) is 0 Å². The van der Waals surface area contributed by atoms with Crippen LogP contribution in [0, 0.1) is 18.4 Å². The first kappa shape index (κ1) is 7.21. The van der Waals surface area contributed by atoms with Crippen LogP contribution < -0.4 is 0 Å². The van der Waals surface area contributed by atoms with Gasteiger partial charge in [-0.2, -0.15) is 0 Å². The molecule has 0 aromatic heterocycles. The van der Waals surface area contributed by atoms with E-state index in [4.69, 9.17) is 6.42 Å². The van der Waals surface area contributed by atoms with Crippen LogP contribution in [-0.4, -0.2) is 0 Å². The second-order valence-corrected chi connectivity index (χ2v) is 1.66. The smallest absolute Gasteiger partial charge is 0.120 e. The van der Waals surface area contributed by atoms with Crippen LogP contribution in [0.1, 0.15) is 25.7 Å². The molecule has 0 aliphatic rings. The summed E-state index contributed by atoms with van der Waals surface area (Å²) in [6.07, 6.45) is 11.9. The predicted molar refractivity (Wildman–Crippen MR) is 36.2 cm³/mol. The molecule has 0 aromatic carbocycles. The third kappa shape index (κ3) is 5.21. The van der Waals surface area contributed by atoms with Gasteiger partial charge in [0.05, 0.1) is 0 Å². The lowest BCUT2D eigenvalue weighted by atomic mass is 10.2. The molecule has 0 fully saturated rings. The van der Waals surface area contributed by atoms with Gasteiger partial charge in [0.15, 0.2) is 6.42 Å². The average Bonchev–Trinajstić information content (AvgIpc) is 1.81. The van der Waals surface area contributed by atoms with Gasteiger partial charge in [-0.05, 0) is 12.8 Å². The van der Waals surface area contributed by atoms with Crippen molar-refractivity contribution in [2.75, 3.05) is 0 Å². The van der Waals surface area contributed by atoms with E-state index in [-0.39, 0.29) is 0 Å². The number of allylic oxidation sites excluding steroid dienone is 1. The Morgan fingerprint density at radius 1 is 1.50 bits per heavy atom. The van der Waals surface area contributed by atoms with E-state index in [1.807, 2.05) is 0 Å². The standard InChI is InChI=1S/C8H11/c1-3-5-7-8-6-4-2/h1H,2,5-8H2/q+1. The second-order valence-electron chi connectivity index (χ2n) is 1.66. The molecule has 0 N–H and O–H groups in total. The summed E-state index contributed by atoms with van der Waals surface area (Å²) >= 11 is 0. The molecule has 0 heterocycles. The van der Waals surface area contributed by atoms with Gasteiger partial charge in [-0.3, -0.25) is 0 Å². The van der Waals surface area contributed by atoms with Gasteiger partial charge in [-0.25, -0.2) is 0 Å². The molecule has 0 amide bonds. The molecular weight excluding hydrogens is 96.1 g/mol. The highest BCUT2D eigenvalue weighted by Gasteiger charge is 1.88. The molecule has 0 spiro atoms. The van der Waals surface area contributed by atoms with Crippen molar-refractivity contribution >= 4 is 0 Å². The molecule has 0 saturated heterocycles. The first-order valence-electron chi connectivity index (χ1n) is 2.85. The topological polar surface area (TPSA) is 0 Å². The van der Waals surface area contributed by atoms with Crippen molar-refractivity contribution in [2.24, 2.45) is 0 Å². The lowest BCUT2D eigenvalue weighted by Crippen LogP contribution is -1.70. The molecule has 0 heteroatoms. The van der Waals surface area contributed by atoms with Gasteiger partial charge in [0.25, 0.3) is 0 Å². The molecule has 0 nitrogen and oxygen atoms in total. The molecule has 8 heavy (non-hydrogen) atoms. The predicted octanol–water partition coefficient (Wildman–Crippen LogP) is 2.17. The van der Waals surface area contributed by atoms with Gasteiger partial charge < -0.3 is 0 Å². The quantitative estimate of drug-likeness (QED) is 0.293. The molecule has 0 aromatic rings. The largest absolute Gasteiger partial charge is 0.214 e. The van der Waals surface area contributed by atoms with Crippen LogP contribution >= 0.6 is 0 Å². The zero-order valence-corrected chi connectivity index (χ0v) is 5.11. The Balaban J connectivity index is 2.74. The Morgan fingerprint density at radius 3 is 2.75 bits per heavy atom. The Bertz CT molecular complexity index is 84.7. The maximum Gasteiger partial charge on any atom is 0.214 e. The van der Waals surface area contributed by atoms with Crippen molar-refractivity contribution in [1.82, 2.24) is 0 Å². The van der Waals surface area contributed by atoms with Crippen LogP contribution in [0.25, 0.3) is 0 Å². The van der Waals surface area contributed by atoms with Crippen molar-refractivity contribution < 1.29 is 0 Å². The Hall–Kier alpha value is -0.790. The normalized spacial score (nSPS) is 7.38. The molecule has 0 aliphatic heterocycles. The molecule has 42 valence electrons. The fourth-order valence-electron chi connectivity index (χ4n) is 0.477. The van der Waals surface area contributed by atoms with Crippen LogP contribution in [0.15, 0.2) is 6.58 Å². The Morgan fingerprint density at radius 2 is 2.25 bits per heavy atom. The third-order valence-corrected chi connectivity index (χ3v) is 0.925. The summed E-state index contributed by atoms with van der Waals surface area (Å²) < 4.78 is 0. The van der Waals surface area contributed by atoms with E-state index in [0.29, 0.717) is 0 Å². The second kappa shape index (κ2) is 6.21.